The van der Waals surface area contributed by atoms with Gasteiger partial charge in [0.25, 0.3) is 5.91 Å². The zero-order valence-corrected chi connectivity index (χ0v) is 12.7. The largest absolute Gasteiger partial charge is 0.478 e. The molecule has 0 aliphatic heterocycles. The van der Waals surface area contributed by atoms with Crippen molar-refractivity contribution in [3.8, 4) is 0 Å². The van der Waals surface area contributed by atoms with Crippen molar-refractivity contribution >= 4 is 11.9 Å². The number of carbonyl (C=O) groups is 2. The van der Waals surface area contributed by atoms with E-state index in [9.17, 15) is 22.8 Å². The molecule has 1 aliphatic rings. The third-order valence-electron chi connectivity index (χ3n) is 3.70. The molecule has 4 nitrogen and oxygen atoms in total. The van der Waals surface area contributed by atoms with Crippen LogP contribution in [0.2, 0.25) is 0 Å². The van der Waals surface area contributed by atoms with Crippen molar-refractivity contribution in [2.45, 2.75) is 32.4 Å². The first kappa shape index (κ1) is 17.3. The van der Waals surface area contributed by atoms with E-state index >= 15 is 0 Å². The number of benzene rings is 1. The molecule has 0 aromatic heterocycles. The van der Waals surface area contributed by atoms with E-state index in [1.165, 1.54) is 23.1 Å². The Kier molecular flexibility index (Phi) is 4.97. The van der Waals surface area contributed by atoms with Gasteiger partial charge < -0.3 is 10.0 Å². The lowest BCUT2D eigenvalue weighted by Crippen LogP contribution is -2.36. The van der Waals surface area contributed by atoms with Crippen LogP contribution in [0.5, 0.6) is 0 Å². The van der Waals surface area contributed by atoms with Crippen molar-refractivity contribution in [1.29, 1.82) is 0 Å². The number of rotatable bonds is 6. The van der Waals surface area contributed by atoms with Gasteiger partial charge in [-0.25, -0.2) is 4.79 Å². The number of carbonyl (C=O) groups excluding carboxylic acids is 1. The van der Waals surface area contributed by atoms with E-state index in [2.05, 4.69) is 0 Å². The van der Waals surface area contributed by atoms with Crippen LogP contribution in [-0.4, -0.2) is 41.1 Å². The van der Waals surface area contributed by atoms with Crippen molar-refractivity contribution in [3.05, 3.63) is 34.9 Å². The summed E-state index contributed by atoms with van der Waals surface area (Å²) in [7, 11) is 0. The molecule has 23 heavy (non-hydrogen) atoms. The van der Waals surface area contributed by atoms with Crippen LogP contribution in [-0.2, 0) is 0 Å². The Morgan fingerprint density at radius 2 is 1.83 bits per heavy atom. The number of aryl methyl sites for hydroxylation is 1. The van der Waals surface area contributed by atoms with Crippen molar-refractivity contribution in [3.63, 3.8) is 0 Å². The molecule has 0 atom stereocenters. The Balaban J connectivity index is 2.20. The quantitative estimate of drug-likeness (QED) is 0.869. The Labute approximate surface area is 131 Å². The van der Waals surface area contributed by atoms with Crippen LogP contribution < -0.4 is 0 Å². The van der Waals surface area contributed by atoms with Gasteiger partial charge in [0.15, 0.2) is 0 Å². The predicted octanol–water partition coefficient (Wildman–Crippen LogP) is 3.50. The van der Waals surface area contributed by atoms with Crippen LogP contribution >= 0.6 is 0 Å². The lowest BCUT2D eigenvalue weighted by molar-refractivity contribution is -0.136. The van der Waals surface area contributed by atoms with E-state index in [-0.39, 0.29) is 23.6 Å². The number of halogens is 3. The van der Waals surface area contributed by atoms with E-state index in [1.807, 2.05) is 0 Å². The maximum absolute atomic E-state index is 12.5. The van der Waals surface area contributed by atoms with Crippen LogP contribution in [0.15, 0.2) is 18.2 Å². The van der Waals surface area contributed by atoms with Crippen molar-refractivity contribution in [1.82, 2.24) is 4.90 Å². The van der Waals surface area contributed by atoms with Crippen LogP contribution in [0.25, 0.3) is 0 Å². The lowest BCUT2D eigenvalue weighted by atomic mass is 10.1. The van der Waals surface area contributed by atoms with E-state index in [0.717, 1.165) is 12.8 Å². The molecule has 1 aromatic rings. The lowest BCUT2D eigenvalue weighted by Gasteiger charge is -2.23. The van der Waals surface area contributed by atoms with Gasteiger partial charge in [0, 0.05) is 18.7 Å². The molecule has 1 aromatic carbocycles. The molecule has 0 spiro atoms. The average molecular weight is 329 g/mol. The van der Waals surface area contributed by atoms with Crippen LogP contribution in [0, 0.1) is 12.8 Å². The van der Waals surface area contributed by atoms with Gasteiger partial charge in [-0.2, -0.15) is 13.2 Å². The first-order valence-corrected chi connectivity index (χ1v) is 7.37. The number of carboxylic acid groups (broad SMARTS) is 1. The number of alkyl halides is 3. The van der Waals surface area contributed by atoms with E-state index in [0.29, 0.717) is 5.56 Å². The molecule has 0 heterocycles. The maximum atomic E-state index is 12.5. The molecule has 0 bridgehead atoms. The van der Waals surface area contributed by atoms with Crippen molar-refractivity contribution in [2.75, 3.05) is 13.1 Å². The number of aromatic carboxylic acids is 1. The van der Waals surface area contributed by atoms with Gasteiger partial charge in [-0.3, -0.25) is 4.79 Å². The zero-order valence-electron chi connectivity index (χ0n) is 12.7. The second-order valence-electron chi connectivity index (χ2n) is 5.95. The summed E-state index contributed by atoms with van der Waals surface area (Å²) in [6.45, 7) is 1.52. The van der Waals surface area contributed by atoms with Crippen LogP contribution in [0.4, 0.5) is 13.2 Å². The maximum Gasteiger partial charge on any atom is 0.390 e. The molecule has 126 valence electrons. The SMILES string of the molecule is Cc1cc(C(=O)O)cc(C(=O)N(CCC(F)(F)F)CC2CC2)c1. The van der Waals surface area contributed by atoms with E-state index in [1.54, 1.807) is 6.92 Å². The highest BCUT2D eigenvalue weighted by molar-refractivity contribution is 5.97. The summed E-state index contributed by atoms with van der Waals surface area (Å²) in [5, 5.41) is 9.05. The molecule has 1 fully saturated rings. The first-order chi connectivity index (χ1) is 10.7. The minimum atomic E-state index is -4.33. The second-order valence-corrected chi connectivity index (χ2v) is 5.95. The summed E-state index contributed by atoms with van der Waals surface area (Å²) >= 11 is 0. The van der Waals surface area contributed by atoms with Gasteiger partial charge >= 0.3 is 12.1 Å². The first-order valence-electron chi connectivity index (χ1n) is 7.37. The van der Waals surface area contributed by atoms with E-state index < -0.39 is 31.0 Å². The number of hydrogen-bond donors (Lipinski definition) is 1. The zero-order chi connectivity index (χ0) is 17.2. The molecule has 0 saturated heterocycles. The highest BCUT2D eigenvalue weighted by Crippen LogP contribution is 2.31. The van der Waals surface area contributed by atoms with Gasteiger partial charge in [-0.05, 0) is 49.4 Å². The van der Waals surface area contributed by atoms with Gasteiger partial charge in [-0.1, -0.05) is 0 Å². The third-order valence-corrected chi connectivity index (χ3v) is 3.70. The summed E-state index contributed by atoms with van der Waals surface area (Å²) in [5.41, 5.74) is 0.649. The average Bonchev–Trinajstić information content (AvgIpc) is 3.25. The molecule has 0 unspecified atom stereocenters. The van der Waals surface area contributed by atoms with Gasteiger partial charge in [0.05, 0.1) is 12.0 Å². The van der Waals surface area contributed by atoms with Crippen molar-refractivity contribution in [2.24, 2.45) is 5.92 Å². The summed E-state index contributed by atoms with van der Waals surface area (Å²) < 4.78 is 37.4. The minimum absolute atomic E-state index is 0.0458. The molecular weight excluding hydrogens is 311 g/mol. The molecule has 1 saturated carbocycles. The fourth-order valence-electron chi connectivity index (χ4n) is 2.36. The van der Waals surface area contributed by atoms with E-state index in [4.69, 9.17) is 5.11 Å². The number of hydrogen-bond acceptors (Lipinski definition) is 2. The Morgan fingerprint density at radius 3 is 2.35 bits per heavy atom. The Hall–Kier alpha value is -2.05. The molecular formula is C16H18F3NO3. The van der Waals surface area contributed by atoms with Gasteiger partial charge in [-0.15, -0.1) is 0 Å². The molecule has 0 radical (unpaired) electrons. The smallest absolute Gasteiger partial charge is 0.390 e. The van der Waals surface area contributed by atoms with Gasteiger partial charge in [0.1, 0.15) is 0 Å². The topological polar surface area (TPSA) is 57.6 Å². The summed E-state index contributed by atoms with van der Waals surface area (Å²) in [4.78, 5) is 24.8. The standard InChI is InChI=1S/C16H18F3NO3/c1-10-6-12(8-13(7-10)15(22)23)14(21)20(9-11-2-3-11)5-4-16(17,18)19/h6-8,11H,2-5,9H2,1H3,(H,22,23). The minimum Gasteiger partial charge on any atom is -0.478 e. The summed E-state index contributed by atoms with van der Waals surface area (Å²) in [6.07, 6.45) is -3.59. The molecule has 2 rings (SSSR count). The summed E-state index contributed by atoms with van der Waals surface area (Å²) in [5.74, 6) is -1.48. The van der Waals surface area contributed by atoms with Crippen LogP contribution in [0.1, 0.15) is 45.5 Å². The third kappa shape index (κ3) is 5.26. The number of amides is 1. The monoisotopic (exact) mass is 329 g/mol. The molecule has 1 N–H and O–H groups in total. The predicted molar refractivity (Wildman–Crippen MR) is 77.4 cm³/mol. The summed E-state index contributed by atoms with van der Waals surface area (Å²) in [6, 6.07) is 4.13. The second kappa shape index (κ2) is 6.60. The highest BCUT2D eigenvalue weighted by Gasteiger charge is 2.32. The molecule has 7 heteroatoms. The highest BCUT2D eigenvalue weighted by atomic mass is 19.4. The fourth-order valence-corrected chi connectivity index (χ4v) is 2.36. The number of carboxylic acids is 1. The van der Waals surface area contributed by atoms with Gasteiger partial charge in [0.2, 0.25) is 0 Å². The molecule has 1 aliphatic carbocycles. The number of nitrogens with zero attached hydrogens (tertiary/aromatic N) is 1. The Morgan fingerprint density at radius 1 is 1.22 bits per heavy atom. The van der Waals surface area contributed by atoms with Crippen LogP contribution in [0.3, 0.4) is 0 Å². The Bertz CT molecular complexity index is 609. The molecule has 1 amide bonds. The van der Waals surface area contributed by atoms with Crippen molar-refractivity contribution < 1.29 is 27.9 Å². The fraction of sp³-hybridized carbons (Fsp3) is 0.500. The normalized spacial score (nSPS) is 14.6.